The summed E-state index contributed by atoms with van der Waals surface area (Å²) in [4.78, 5) is 11.3. The Hall–Kier alpha value is -0.790. The molecule has 0 saturated carbocycles. The standard InChI is InChI=1S/C15H26O2/c1-3-5-7-8-9-11-14-13(10-6-4-2)12-15(16)17-14/h12,14H,3-11H2,1-2H3. The fraction of sp³-hybridized carbons (Fsp3) is 0.800. The Morgan fingerprint density at radius 3 is 2.47 bits per heavy atom. The van der Waals surface area contributed by atoms with Crippen LogP contribution in [0.4, 0.5) is 0 Å². The Morgan fingerprint density at radius 1 is 1.06 bits per heavy atom. The zero-order chi connectivity index (χ0) is 12.5. The number of ether oxygens (including phenoxy) is 1. The van der Waals surface area contributed by atoms with E-state index >= 15 is 0 Å². The van der Waals surface area contributed by atoms with Crippen molar-refractivity contribution in [3.05, 3.63) is 11.6 Å². The maximum absolute atomic E-state index is 11.3. The van der Waals surface area contributed by atoms with E-state index in [0.29, 0.717) is 0 Å². The second kappa shape index (κ2) is 8.32. The molecule has 0 aromatic heterocycles. The van der Waals surface area contributed by atoms with Crippen molar-refractivity contribution in [2.24, 2.45) is 0 Å². The van der Waals surface area contributed by atoms with Crippen molar-refractivity contribution in [3.8, 4) is 0 Å². The van der Waals surface area contributed by atoms with Crippen molar-refractivity contribution >= 4 is 5.97 Å². The average Bonchev–Trinajstić information content (AvgIpc) is 2.67. The topological polar surface area (TPSA) is 26.3 Å². The van der Waals surface area contributed by atoms with Gasteiger partial charge in [0.2, 0.25) is 0 Å². The Kier molecular flexibility index (Phi) is 6.99. The summed E-state index contributed by atoms with van der Waals surface area (Å²) >= 11 is 0. The monoisotopic (exact) mass is 238 g/mol. The second-order valence-electron chi connectivity index (χ2n) is 4.95. The van der Waals surface area contributed by atoms with Crippen LogP contribution in [0.15, 0.2) is 11.6 Å². The van der Waals surface area contributed by atoms with Crippen molar-refractivity contribution in [2.75, 3.05) is 0 Å². The molecule has 2 heteroatoms. The SMILES string of the molecule is CCCCCCCC1OC(=O)C=C1CCCC. The summed E-state index contributed by atoms with van der Waals surface area (Å²) < 4.78 is 5.35. The highest BCUT2D eigenvalue weighted by Gasteiger charge is 2.24. The van der Waals surface area contributed by atoms with E-state index in [9.17, 15) is 4.79 Å². The number of carbonyl (C=O) groups is 1. The first-order valence-corrected chi connectivity index (χ1v) is 7.19. The lowest BCUT2D eigenvalue weighted by molar-refractivity contribution is -0.139. The van der Waals surface area contributed by atoms with E-state index in [4.69, 9.17) is 4.74 Å². The summed E-state index contributed by atoms with van der Waals surface area (Å²) in [5.74, 6) is -0.130. The first-order valence-electron chi connectivity index (χ1n) is 7.19. The summed E-state index contributed by atoms with van der Waals surface area (Å²) in [5, 5.41) is 0. The smallest absolute Gasteiger partial charge is 0.331 e. The summed E-state index contributed by atoms with van der Waals surface area (Å²) in [6, 6.07) is 0. The molecule has 1 unspecified atom stereocenters. The molecule has 0 saturated heterocycles. The highest BCUT2D eigenvalue weighted by atomic mass is 16.5. The predicted molar refractivity (Wildman–Crippen MR) is 70.9 cm³/mol. The van der Waals surface area contributed by atoms with Gasteiger partial charge < -0.3 is 4.74 Å². The van der Waals surface area contributed by atoms with Crippen molar-refractivity contribution in [2.45, 2.75) is 77.7 Å². The molecular weight excluding hydrogens is 212 g/mol. The third-order valence-electron chi connectivity index (χ3n) is 3.36. The van der Waals surface area contributed by atoms with E-state index < -0.39 is 0 Å². The molecule has 0 aromatic carbocycles. The van der Waals surface area contributed by atoms with Crippen LogP contribution in [0.3, 0.4) is 0 Å². The number of hydrogen-bond donors (Lipinski definition) is 0. The summed E-state index contributed by atoms with van der Waals surface area (Å²) in [5.41, 5.74) is 1.23. The minimum Gasteiger partial charge on any atom is -0.455 e. The van der Waals surface area contributed by atoms with Gasteiger partial charge in [-0.1, -0.05) is 46.0 Å². The first-order chi connectivity index (χ1) is 8.27. The van der Waals surface area contributed by atoms with Gasteiger partial charge in [-0.05, 0) is 31.3 Å². The van der Waals surface area contributed by atoms with Gasteiger partial charge in [0.15, 0.2) is 0 Å². The van der Waals surface area contributed by atoms with Gasteiger partial charge >= 0.3 is 5.97 Å². The molecule has 0 aromatic rings. The van der Waals surface area contributed by atoms with Gasteiger partial charge in [0, 0.05) is 6.08 Å². The molecule has 1 aliphatic rings. The minimum atomic E-state index is -0.130. The molecule has 0 N–H and O–H groups in total. The van der Waals surface area contributed by atoms with Gasteiger partial charge in [0.25, 0.3) is 0 Å². The molecule has 1 atom stereocenters. The molecule has 1 aliphatic heterocycles. The quantitative estimate of drug-likeness (QED) is 0.440. The summed E-state index contributed by atoms with van der Waals surface area (Å²) in [7, 11) is 0. The molecule has 2 nitrogen and oxygen atoms in total. The minimum absolute atomic E-state index is 0.0932. The van der Waals surface area contributed by atoms with Crippen LogP contribution in [0.5, 0.6) is 0 Å². The lowest BCUT2D eigenvalue weighted by Crippen LogP contribution is -2.11. The summed E-state index contributed by atoms with van der Waals surface area (Å²) in [6.45, 7) is 4.41. The Balaban J connectivity index is 2.22. The van der Waals surface area contributed by atoms with Crippen molar-refractivity contribution in [1.29, 1.82) is 0 Å². The predicted octanol–water partition coefficient (Wildman–Crippen LogP) is 4.39. The molecule has 0 amide bonds. The molecule has 98 valence electrons. The van der Waals surface area contributed by atoms with Crippen molar-refractivity contribution in [1.82, 2.24) is 0 Å². The maximum Gasteiger partial charge on any atom is 0.331 e. The van der Waals surface area contributed by atoms with E-state index in [2.05, 4.69) is 13.8 Å². The van der Waals surface area contributed by atoms with Crippen LogP contribution >= 0.6 is 0 Å². The third kappa shape index (κ3) is 5.38. The van der Waals surface area contributed by atoms with Gasteiger partial charge in [-0.15, -0.1) is 0 Å². The number of rotatable bonds is 9. The molecular formula is C15H26O2. The average molecular weight is 238 g/mol. The number of unbranched alkanes of at least 4 members (excludes halogenated alkanes) is 5. The van der Waals surface area contributed by atoms with E-state index in [1.807, 2.05) is 0 Å². The van der Waals surface area contributed by atoms with Crippen LogP contribution in [0.1, 0.15) is 71.6 Å². The summed E-state index contributed by atoms with van der Waals surface area (Å²) in [6.07, 6.45) is 12.6. The van der Waals surface area contributed by atoms with Crippen LogP contribution in [0.25, 0.3) is 0 Å². The Bertz CT molecular complexity index is 256. The fourth-order valence-electron chi connectivity index (χ4n) is 2.29. The lowest BCUT2D eigenvalue weighted by atomic mass is 9.99. The third-order valence-corrected chi connectivity index (χ3v) is 3.36. The van der Waals surface area contributed by atoms with E-state index in [-0.39, 0.29) is 12.1 Å². The van der Waals surface area contributed by atoms with Crippen LogP contribution < -0.4 is 0 Å². The molecule has 0 aliphatic carbocycles. The first kappa shape index (κ1) is 14.3. The van der Waals surface area contributed by atoms with Gasteiger partial charge in [0.1, 0.15) is 6.10 Å². The second-order valence-corrected chi connectivity index (χ2v) is 4.95. The normalized spacial score (nSPS) is 19.3. The van der Waals surface area contributed by atoms with E-state index in [1.165, 1.54) is 44.1 Å². The molecule has 1 heterocycles. The van der Waals surface area contributed by atoms with Crippen molar-refractivity contribution < 1.29 is 9.53 Å². The highest BCUT2D eigenvalue weighted by molar-refractivity contribution is 5.85. The van der Waals surface area contributed by atoms with Gasteiger partial charge in [0.05, 0.1) is 0 Å². The van der Waals surface area contributed by atoms with Crippen LogP contribution in [-0.2, 0) is 9.53 Å². The molecule has 1 rings (SSSR count). The lowest BCUT2D eigenvalue weighted by Gasteiger charge is -2.13. The zero-order valence-electron chi connectivity index (χ0n) is 11.3. The Morgan fingerprint density at radius 2 is 1.76 bits per heavy atom. The number of cyclic esters (lactones) is 1. The van der Waals surface area contributed by atoms with Crippen LogP contribution in [0.2, 0.25) is 0 Å². The molecule has 0 radical (unpaired) electrons. The van der Waals surface area contributed by atoms with Gasteiger partial charge in [-0.3, -0.25) is 0 Å². The molecule has 0 fully saturated rings. The molecule has 17 heavy (non-hydrogen) atoms. The van der Waals surface area contributed by atoms with Gasteiger partial charge in [-0.25, -0.2) is 4.79 Å². The number of hydrogen-bond acceptors (Lipinski definition) is 2. The highest BCUT2D eigenvalue weighted by Crippen LogP contribution is 2.25. The van der Waals surface area contributed by atoms with E-state index in [0.717, 1.165) is 19.3 Å². The van der Waals surface area contributed by atoms with E-state index in [1.54, 1.807) is 6.08 Å². The fourth-order valence-corrected chi connectivity index (χ4v) is 2.29. The molecule has 0 bridgehead atoms. The maximum atomic E-state index is 11.3. The van der Waals surface area contributed by atoms with Crippen molar-refractivity contribution in [3.63, 3.8) is 0 Å². The zero-order valence-corrected chi connectivity index (χ0v) is 11.3. The molecule has 0 spiro atoms. The van der Waals surface area contributed by atoms with Crippen LogP contribution in [0, 0.1) is 0 Å². The number of carbonyl (C=O) groups excluding carboxylic acids is 1. The van der Waals surface area contributed by atoms with Gasteiger partial charge in [-0.2, -0.15) is 0 Å². The van der Waals surface area contributed by atoms with Crippen LogP contribution in [-0.4, -0.2) is 12.1 Å². The Labute approximate surface area is 105 Å². The largest absolute Gasteiger partial charge is 0.455 e. The number of esters is 1.